The molecule has 10 nitrogen and oxygen atoms in total. The fraction of sp³-hybridized carbons (Fsp3) is 0. The van der Waals surface area contributed by atoms with Gasteiger partial charge in [0.05, 0.1) is 10.6 Å². The van der Waals surface area contributed by atoms with Gasteiger partial charge in [0.1, 0.15) is 10.6 Å². The van der Waals surface area contributed by atoms with Crippen LogP contribution in [0.25, 0.3) is 10.8 Å². The number of nitrogen functional groups attached to an aromatic ring is 1. The second-order valence-electron chi connectivity index (χ2n) is 5.46. The number of nitro benzene ring substituents is 1. The molecule has 0 amide bonds. The van der Waals surface area contributed by atoms with Crippen molar-refractivity contribution in [3.05, 3.63) is 58.6 Å². The molecule has 0 radical (unpaired) electrons. The van der Waals surface area contributed by atoms with Crippen LogP contribution in [0.4, 0.5) is 22.7 Å². The monoisotopic (exact) mass is 412 g/mol. The van der Waals surface area contributed by atoms with Gasteiger partial charge in [0.2, 0.25) is 0 Å². The fourth-order valence-electron chi connectivity index (χ4n) is 2.44. The molecular formula is C16H13N4NaO6S. The van der Waals surface area contributed by atoms with E-state index in [-0.39, 0.29) is 57.4 Å². The van der Waals surface area contributed by atoms with Crippen molar-refractivity contribution in [3.63, 3.8) is 0 Å². The second-order valence-corrected chi connectivity index (χ2v) is 6.85. The Morgan fingerprint density at radius 3 is 2.25 bits per heavy atom. The quantitative estimate of drug-likeness (QED) is 0.148. The number of nitro groups is 1. The maximum atomic E-state index is 11.7. The summed E-state index contributed by atoms with van der Waals surface area (Å²) in [6.07, 6.45) is 0. The molecule has 0 heterocycles. The van der Waals surface area contributed by atoms with Gasteiger partial charge in [-0.1, -0.05) is 12.1 Å². The van der Waals surface area contributed by atoms with E-state index < -0.39 is 31.4 Å². The molecule has 0 aliphatic heterocycles. The number of nitrogens with two attached hydrogens (primary N) is 1. The molecule has 0 atom stereocenters. The molecule has 0 saturated heterocycles. The van der Waals surface area contributed by atoms with Gasteiger partial charge in [-0.2, -0.15) is 13.5 Å². The van der Waals surface area contributed by atoms with Crippen LogP contribution >= 0.6 is 0 Å². The predicted molar refractivity (Wildman–Crippen MR) is 104 cm³/mol. The molecule has 28 heavy (non-hydrogen) atoms. The van der Waals surface area contributed by atoms with Gasteiger partial charge in [-0.05, 0) is 24.3 Å². The summed E-state index contributed by atoms with van der Waals surface area (Å²) in [5, 5.41) is 29.0. The Morgan fingerprint density at radius 2 is 1.68 bits per heavy atom. The number of benzene rings is 3. The van der Waals surface area contributed by atoms with Gasteiger partial charge >= 0.3 is 29.6 Å². The first-order chi connectivity index (χ1) is 12.7. The summed E-state index contributed by atoms with van der Waals surface area (Å²) >= 11 is 0. The molecule has 12 heteroatoms. The number of azo groups is 1. The van der Waals surface area contributed by atoms with Crippen LogP contribution in [-0.2, 0) is 10.1 Å². The number of rotatable bonds is 4. The van der Waals surface area contributed by atoms with Gasteiger partial charge in [-0.15, -0.1) is 5.11 Å². The maximum absolute atomic E-state index is 11.7. The molecule has 0 spiro atoms. The SMILES string of the molecule is Nc1cccc2c(O)c(N=Nc3ccc([N+](=O)[O-])cc3)c(S(=O)(=O)O)cc12.[NaH]. The fourth-order valence-corrected chi connectivity index (χ4v) is 3.08. The van der Waals surface area contributed by atoms with Crippen molar-refractivity contribution < 1.29 is 23.0 Å². The molecule has 0 fully saturated rings. The van der Waals surface area contributed by atoms with Gasteiger partial charge in [0, 0.05) is 28.6 Å². The van der Waals surface area contributed by atoms with E-state index in [9.17, 15) is 28.2 Å². The number of phenols is 1. The Morgan fingerprint density at radius 1 is 1.04 bits per heavy atom. The normalized spacial score (nSPS) is 11.5. The number of anilines is 1. The zero-order valence-corrected chi connectivity index (χ0v) is 14.3. The number of nitrogens with zero attached hydrogens (tertiary/aromatic N) is 3. The van der Waals surface area contributed by atoms with Crippen LogP contribution in [0.3, 0.4) is 0 Å². The average Bonchev–Trinajstić information content (AvgIpc) is 2.61. The number of phenolic OH excluding ortho intramolecular Hbond substituents is 1. The Bertz CT molecular complexity index is 1200. The Balaban J connectivity index is 0.00000280. The van der Waals surface area contributed by atoms with Gasteiger partial charge in [-0.3, -0.25) is 14.7 Å². The third-order valence-electron chi connectivity index (χ3n) is 3.73. The van der Waals surface area contributed by atoms with Crippen molar-refractivity contribution in [2.75, 3.05) is 5.73 Å². The zero-order chi connectivity index (χ0) is 19.8. The van der Waals surface area contributed by atoms with Crippen molar-refractivity contribution in [1.82, 2.24) is 0 Å². The Hall–Kier alpha value is -2.57. The number of hydrogen-bond acceptors (Lipinski definition) is 8. The first kappa shape index (κ1) is 21.7. The average molecular weight is 412 g/mol. The molecule has 0 saturated carbocycles. The summed E-state index contributed by atoms with van der Waals surface area (Å²) in [6.45, 7) is 0. The second kappa shape index (κ2) is 8.20. The van der Waals surface area contributed by atoms with E-state index in [0.717, 1.165) is 6.07 Å². The minimum atomic E-state index is -4.75. The van der Waals surface area contributed by atoms with Crippen LogP contribution in [0.15, 0.2) is 63.7 Å². The Kier molecular flexibility index (Phi) is 6.37. The standard InChI is InChI=1S/C16H12N4O6S.Na.H/c17-13-3-1-2-11-12(13)8-14(27(24,25)26)15(16(11)21)19-18-9-4-6-10(7-5-9)20(22)23;;/h1-8,21H,17H2,(H,24,25,26);;. The van der Waals surface area contributed by atoms with E-state index in [1.807, 2.05) is 0 Å². The van der Waals surface area contributed by atoms with Gasteiger partial charge in [0.15, 0.2) is 5.75 Å². The van der Waals surface area contributed by atoms with Gasteiger partial charge < -0.3 is 10.8 Å². The third kappa shape index (κ3) is 4.29. The molecule has 0 bridgehead atoms. The summed E-state index contributed by atoms with van der Waals surface area (Å²) in [5.41, 5.74) is 5.54. The molecule has 0 aliphatic carbocycles. The molecule has 140 valence electrons. The molecule has 3 aromatic carbocycles. The number of aromatic hydroxyl groups is 1. The topological polar surface area (TPSA) is 168 Å². The molecule has 0 aliphatic rings. The van der Waals surface area contributed by atoms with Crippen molar-refractivity contribution in [2.45, 2.75) is 4.90 Å². The van der Waals surface area contributed by atoms with Crippen molar-refractivity contribution in [2.24, 2.45) is 10.2 Å². The first-order valence-electron chi connectivity index (χ1n) is 7.36. The number of fused-ring (bicyclic) bond motifs is 1. The summed E-state index contributed by atoms with van der Waals surface area (Å²) in [4.78, 5) is 9.40. The van der Waals surface area contributed by atoms with Crippen LogP contribution in [0, 0.1) is 10.1 Å². The van der Waals surface area contributed by atoms with Gasteiger partial charge in [0.25, 0.3) is 15.8 Å². The minimum absolute atomic E-state index is 0. The molecule has 0 unspecified atom stereocenters. The number of non-ortho nitro benzene ring substituents is 1. The van der Waals surface area contributed by atoms with E-state index in [0.29, 0.717) is 0 Å². The van der Waals surface area contributed by atoms with E-state index >= 15 is 0 Å². The van der Waals surface area contributed by atoms with Crippen LogP contribution < -0.4 is 5.73 Å². The molecular weight excluding hydrogens is 399 g/mol. The van der Waals surface area contributed by atoms with E-state index in [1.54, 1.807) is 6.07 Å². The van der Waals surface area contributed by atoms with Crippen LogP contribution in [0.1, 0.15) is 0 Å². The zero-order valence-electron chi connectivity index (χ0n) is 13.5. The van der Waals surface area contributed by atoms with Crippen molar-refractivity contribution in [1.29, 1.82) is 0 Å². The van der Waals surface area contributed by atoms with E-state index in [2.05, 4.69) is 10.2 Å². The Labute approximate surface area is 180 Å². The van der Waals surface area contributed by atoms with Crippen LogP contribution in [0.5, 0.6) is 5.75 Å². The summed E-state index contributed by atoms with van der Waals surface area (Å²) in [7, 11) is -4.75. The van der Waals surface area contributed by atoms with E-state index in [4.69, 9.17) is 5.73 Å². The molecule has 3 aromatic rings. The van der Waals surface area contributed by atoms with Gasteiger partial charge in [-0.25, -0.2) is 0 Å². The van der Waals surface area contributed by atoms with Crippen LogP contribution in [0.2, 0.25) is 0 Å². The van der Waals surface area contributed by atoms with Crippen molar-refractivity contribution >= 4 is 73.2 Å². The summed E-state index contributed by atoms with van der Waals surface area (Å²) in [5.74, 6) is -0.530. The predicted octanol–water partition coefficient (Wildman–Crippen LogP) is 3.05. The molecule has 3 rings (SSSR count). The number of hydrogen-bond donors (Lipinski definition) is 3. The molecule has 0 aromatic heterocycles. The van der Waals surface area contributed by atoms with Crippen LogP contribution in [-0.4, -0.2) is 52.6 Å². The first-order valence-corrected chi connectivity index (χ1v) is 8.80. The van der Waals surface area contributed by atoms with E-state index in [1.165, 1.54) is 36.4 Å². The summed E-state index contributed by atoms with van der Waals surface area (Å²) in [6, 6.07) is 10.6. The summed E-state index contributed by atoms with van der Waals surface area (Å²) < 4.78 is 32.9. The van der Waals surface area contributed by atoms with Crippen molar-refractivity contribution in [3.8, 4) is 5.75 Å². The third-order valence-corrected chi connectivity index (χ3v) is 4.60. The molecule has 4 N–H and O–H groups in total.